The molecule has 0 aliphatic carbocycles. The van der Waals surface area contributed by atoms with Crippen LogP contribution in [-0.4, -0.2) is 11.9 Å². The van der Waals surface area contributed by atoms with Crippen LogP contribution in [0.3, 0.4) is 0 Å². The molecule has 0 aromatic carbocycles. The van der Waals surface area contributed by atoms with E-state index in [0.29, 0.717) is 6.42 Å². The molecule has 1 rings (SSSR count). The molecule has 0 saturated heterocycles. The Balaban J connectivity index is 1.73. The van der Waals surface area contributed by atoms with Gasteiger partial charge < -0.3 is 4.74 Å². The van der Waals surface area contributed by atoms with Crippen LogP contribution in [0.15, 0.2) is 24.0 Å². The minimum atomic E-state index is 0.0501. The molecule has 0 aromatic heterocycles. The van der Waals surface area contributed by atoms with Crippen molar-refractivity contribution in [1.29, 1.82) is 0 Å². The first kappa shape index (κ1) is 28.0. The first-order valence-electron chi connectivity index (χ1n) is 13.7. The summed E-state index contributed by atoms with van der Waals surface area (Å²) in [5.74, 6) is 0.962. The van der Waals surface area contributed by atoms with E-state index in [1.165, 1.54) is 116 Å². The van der Waals surface area contributed by atoms with Crippen LogP contribution in [0.5, 0.6) is 0 Å². The van der Waals surface area contributed by atoms with E-state index in [9.17, 15) is 4.79 Å². The van der Waals surface area contributed by atoms with Gasteiger partial charge in [-0.1, -0.05) is 128 Å². The molecule has 0 amide bonds. The van der Waals surface area contributed by atoms with Crippen molar-refractivity contribution in [2.24, 2.45) is 0 Å². The zero-order valence-corrected chi connectivity index (χ0v) is 21.0. The first-order valence-corrected chi connectivity index (χ1v) is 13.7. The minimum absolute atomic E-state index is 0.0501. The van der Waals surface area contributed by atoms with Gasteiger partial charge in [0.25, 0.3) is 0 Å². The fourth-order valence-corrected chi connectivity index (χ4v) is 4.51. The molecule has 0 radical (unpaired) electrons. The topological polar surface area (TPSA) is 26.3 Å². The lowest BCUT2D eigenvalue weighted by Gasteiger charge is -2.20. The number of hydrogen-bond acceptors (Lipinski definition) is 2. The van der Waals surface area contributed by atoms with Gasteiger partial charge in [0.15, 0.2) is 5.78 Å². The van der Waals surface area contributed by atoms with Gasteiger partial charge in [0.05, 0.1) is 5.76 Å². The maximum absolute atomic E-state index is 11.5. The summed E-state index contributed by atoms with van der Waals surface area (Å²) in [5, 5.41) is 0. The maximum atomic E-state index is 11.5. The molecule has 1 aliphatic heterocycles. The van der Waals surface area contributed by atoms with Gasteiger partial charge >= 0.3 is 0 Å². The third-order valence-corrected chi connectivity index (χ3v) is 6.44. The van der Waals surface area contributed by atoms with Gasteiger partial charge in [-0.05, 0) is 19.8 Å². The zero-order chi connectivity index (χ0) is 22.4. The summed E-state index contributed by atoms with van der Waals surface area (Å²) in [5.41, 5.74) is 0. The largest absolute Gasteiger partial charge is 0.494 e. The predicted octanol–water partition coefficient (Wildman–Crippen LogP) is 9.63. The molecule has 0 bridgehead atoms. The van der Waals surface area contributed by atoms with Crippen molar-refractivity contribution >= 4 is 5.78 Å². The Morgan fingerprint density at radius 2 is 1.19 bits per heavy atom. The van der Waals surface area contributed by atoms with E-state index < -0.39 is 0 Å². The summed E-state index contributed by atoms with van der Waals surface area (Å²) in [6.07, 6.45) is 34.3. The van der Waals surface area contributed by atoms with E-state index in [2.05, 4.69) is 19.1 Å². The van der Waals surface area contributed by atoms with Crippen LogP contribution in [0.1, 0.15) is 149 Å². The molecule has 180 valence electrons. The van der Waals surface area contributed by atoms with Crippen molar-refractivity contribution in [1.82, 2.24) is 0 Å². The number of hydrogen-bond donors (Lipinski definition) is 0. The lowest BCUT2D eigenvalue weighted by Crippen LogP contribution is -2.20. The molecular weight excluding hydrogens is 380 g/mol. The highest BCUT2D eigenvalue weighted by Gasteiger charge is 2.18. The number of unbranched alkanes of at least 4 members (excludes halogenated alkanes) is 18. The maximum Gasteiger partial charge on any atom is 0.162 e. The number of ether oxygens (including phenoxy) is 1. The number of allylic oxidation sites excluding steroid dienone is 3. The molecular formula is C29H52O2. The van der Waals surface area contributed by atoms with Crippen LogP contribution in [0.2, 0.25) is 0 Å². The molecule has 2 heteroatoms. The second kappa shape index (κ2) is 20.8. The normalized spacial score (nSPS) is 16.6. The van der Waals surface area contributed by atoms with Crippen LogP contribution in [0, 0.1) is 0 Å². The molecule has 2 nitrogen and oxygen atoms in total. The highest BCUT2D eigenvalue weighted by atomic mass is 16.5. The Morgan fingerprint density at radius 1 is 0.742 bits per heavy atom. The Bertz CT molecular complexity index is 477. The molecule has 0 spiro atoms. The smallest absolute Gasteiger partial charge is 0.162 e. The Morgan fingerprint density at radius 3 is 1.65 bits per heavy atom. The van der Waals surface area contributed by atoms with E-state index in [1.54, 1.807) is 6.08 Å². The minimum Gasteiger partial charge on any atom is -0.494 e. The van der Waals surface area contributed by atoms with Crippen LogP contribution < -0.4 is 0 Å². The molecule has 1 unspecified atom stereocenters. The van der Waals surface area contributed by atoms with E-state index in [-0.39, 0.29) is 11.9 Å². The average Bonchev–Trinajstić information content (AvgIpc) is 2.74. The number of carbonyl (C=O) groups is 1. The lowest BCUT2D eigenvalue weighted by atomic mass is 10.0. The van der Waals surface area contributed by atoms with Gasteiger partial charge in [-0.3, -0.25) is 4.79 Å². The van der Waals surface area contributed by atoms with Crippen molar-refractivity contribution in [3.8, 4) is 0 Å². The standard InChI is InChI=1S/C29H52O2/c1-3-4-5-6-7-8-9-10-11-12-13-14-15-16-17-18-19-20-21-22-23-24-29-26-28(30)25-27(2)31-29/h22-23,25,29H,3-21,24,26H2,1-2H3. The summed E-state index contributed by atoms with van der Waals surface area (Å²) >= 11 is 0. The van der Waals surface area contributed by atoms with E-state index >= 15 is 0 Å². The summed E-state index contributed by atoms with van der Waals surface area (Å²) in [7, 11) is 0. The lowest BCUT2D eigenvalue weighted by molar-refractivity contribution is -0.118. The molecule has 0 saturated carbocycles. The quantitative estimate of drug-likeness (QED) is 0.133. The Hall–Kier alpha value is -1.05. The third kappa shape index (κ3) is 18.2. The second-order valence-electron chi connectivity index (χ2n) is 9.67. The van der Waals surface area contributed by atoms with E-state index in [1.807, 2.05) is 6.92 Å². The van der Waals surface area contributed by atoms with Crippen molar-refractivity contribution in [3.05, 3.63) is 24.0 Å². The van der Waals surface area contributed by atoms with Crippen molar-refractivity contribution < 1.29 is 9.53 Å². The van der Waals surface area contributed by atoms with Crippen molar-refractivity contribution in [2.75, 3.05) is 0 Å². The summed E-state index contributed by atoms with van der Waals surface area (Å²) < 4.78 is 5.69. The Labute approximate surface area is 194 Å². The Kier molecular flexibility index (Phi) is 18.8. The predicted molar refractivity (Wildman–Crippen MR) is 135 cm³/mol. The van der Waals surface area contributed by atoms with Crippen LogP contribution >= 0.6 is 0 Å². The molecule has 0 fully saturated rings. The zero-order valence-electron chi connectivity index (χ0n) is 21.0. The average molecular weight is 433 g/mol. The molecule has 1 atom stereocenters. The van der Waals surface area contributed by atoms with Gasteiger partial charge in [-0.25, -0.2) is 0 Å². The summed E-state index contributed by atoms with van der Waals surface area (Å²) in [6, 6.07) is 0. The molecule has 1 aliphatic rings. The van der Waals surface area contributed by atoms with Gasteiger partial charge in [0.1, 0.15) is 6.10 Å². The van der Waals surface area contributed by atoms with Crippen LogP contribution in [0.4, 0.5) is 0 Å². The highest BCUT2D eigenvalue weighted by molar-refractivity contribution is 5.91. The van der Waals surface area contributed by atoms with Gasteiger partial charge in [0, 0.05) is 18.9 Å². The molecule has 0 aromatic rings. The van der Waals surface area contributed by atoms with Crippen LogP contribution in [-0.2, 0) is 9.53 Å². The van der Waals surface area contributed by atoms with Gasteiger partial charge in [-0.2, -0.15) is 0 Å². The van der Waals surface area contributed by atoms with Gasteiger partial charge in [0.2, 0.25) is 0 Å². The van der Waals surface area contributed by atoms with E-state index in [4.69, 9.17) is 4.74 Å². The number of ketones is 1. The fourth-order valence-electron chi connectivity index (χ4n) is 4.51. The summed E-state index contributed by atoms with van der Waals surface area (Å²) in [6.45, 7) is 4.16. The SMILES string of the molecule is CCCCCCCCCCCCCCCCCCCCC=CCC1CC(=O)C=C(C)O1. The van der Waals surface area contributed by atoms with Gasteiger partial charge in [-0.15, -0.1) is 0 Å². The number of rotatable bonds is 21. The summed E-state index contributed by atoms with van der Waals surface area (Å²) in [4.78, 5) is 11.5. The number of carbonyl (C=O) groups excluding carboxylic acids is 1. The van der Waals surface area contributed by atoms with Crippen LogP contribution in [0.25, 0.3) is 0 Å². The molecule has 31 heavy (non-hydrogen) atoms. The molecule has 0 N–H and O–H groups in total. The fraction of sp³-hybridized carbons (Fsp3) is 0.828. The third-order valence-electron chi connectivity index (χ3n) is 6.44. The van der Waals surface area contributed by atoms with E-state index in [0.717, 1.165) is 18.6 Å². The highest BCUT2D eigenvalue weighted by Crippen LogP contribution is 2.18. The second-order valence-corrected chi connectivity index (χ2v) is 9.67. The monoisotopic (exact) mass is 432 g/mol. The van der Waals surface area contributed by atoms with Crippen molar-refractivity contribution in [2.45, 2.75) is 155 Å². The first-order chi connectivity index (χ1) is 15.2. The molecule has 1 heterocycles. The van der Waals surface area contributed by atoms with Crippen molar-refractivity contribution in [3.63, 3.8) is 0 Å².